The van der Waals surface area contributed by atoms with Crippen LogP contribution in [0.1, 0.15) is 26.7 Å². The van der Waals surface area contributed by atoms with Crippen LogP contribution in [0.5, 0.6) is 0 Å². The maximum absolute atomic E-state index is 11.9. The van der Waals surface area contributed by atoms with Gasteiger partial charge in [0.1, 0.15) is 6.61 Å². The van der Waals surface area contributed by atoms with Crippen LogP contribution in [0.3, 0.4) is 0 Å². The largest absolute Gasteiger partial charge is 0.353 e. The predicted octanol–water partition coefficient (Wildman–Crippen LogP) is 0.0891. The summed E-state index contributed by atoms with van der Waals surface area (Å²) in [5.74, 6) is -0.203. The Morgan fingerprint density at radius 3 is 2.65 bits per heavy atom. The zero-order valence-electron chi connectivity index (χ0n) is 10.2. The Kier molecular flexibility index (Phi) is 4.68. The molecule has 0 radical (unpaired) electrons. The maximum Gasteiger partial charge on any atom is 0.294 e. The minimum Gasteiger partial charge on any atom is -0.353 e. The van der Waals surface area contributed by atoms with Crippen molar-refractivity contribution in [3.63, 3.8) is 0 Å². The lowest BCUT2D eigenvalue weighted by Crippen LogP contribution is -2.48. The summed E-state index contributed by atoms with van der Waals surface area (Å²) in [5.41, 5.74) is -0.891. The third-order valence-corrected chi connectivity index (χ3v) is 2.82. The molecule has 1 amide bonds. The molecule has 1 aliphatic heterocycles. The van der Waals surface area contributed by atoms with E-state index in [0.29, 0.717) is 0 Å². The molecule has 0 bridgehead atoms. The summed E-state index contributed by atoms with van der Waals surface area (Å²) in [6, 6.07) is 0.152. The Hall–Kier alpha value is -1.37. The molecule has 0 saturated carbocycles. The molecule has 98 valence electrons. The van der Waals surface area contributed by atoms with Crippen molar-refractivity contribution in [1.82, 2.24) is 10.6 Å². The highest BCUT2D eigenvalue weighted by Crippen LogP contribution is 2.17. The van der Waals surface area contributed by atoms with Crippen LogP contribution >= 0.6 is 0 Å². The van der Waals surface area contributed by atoms with E-state index in [1.165, 1.54) is 0 Å². The van der Waals surface area contributed by atoms with Crippen molar-refractivity contribution >= 4 is 5.91 Å². The minimum absolute atomic E-state index is 0.152. The van der Waals surface area contributed by atoms with Crippen molar-refractivity contribution in [2.45, 2.75) is 32.7 Å². The van der Waals surface area contributed by atoms with E-state index < -0.39 is 10.5 Å². The van der Waals surface area contributed by atoms with Gasteiger partial charge >= 0.3 is 0 Å². The van der Waals surface area contributed by atoms with E-state index >= 15 is 0 Å². The number of amides is 1. The van der Waals surface area contributed by atoms with Crippen LogP contribution in [0.25, 0.3) is 0 Å². The first-order chi connectivity index (χ1) is 7.92. The lowest BCUT2D eigenvalue weighted by molar-refractivity contribution is -0.760. The molecule has 0 aromatic rings. The average Bonchev–Trinajstić information content (AvgIpc) is 2.28. The summed E-state index contributed by atoms with van der Waals surface area (Å²) in [6.45, 7) is 4.81. The van der Waals surface area contributed by atoms with Gasteiger partial charge in [0.2, 0.25) is 5.91 Å². The highest BCUT2D eigenvalue weighted by Gasteiger charge is 2.31. The highest BCUT2D eigenvalue weighted by atomic mass is 16.9. The second kappa shape index (κ2) is 5.81. The Morgan fingerprint density at radius 2 is 2.12 bits per heavy atom. The van der Waals surface area contributed by atoms with Crippen LogP contribution in [0, 0.1) is 15.5 Å². The monoisotopic (exact) mass is 245 g/mol. The molecule has 0 atom stereocenters. The van der Waals surface area contributed by atoms with Gasteiger partial charge in [-0.05, 0) is 39.8 Å². The number of nitrogens with one attached hydrogen (secondary N) is 2. The van der Waals surface area contributed by atoms with E-state index in [-0.39, 0.29) is 18.6 Å². The van der Waals surface area contributed by atoms with Crippen LogP contribution in [0.4, 0.5) is 0 Å². The van der Waals surface area contributed by atoms with Gasteiger partial charge in [0, 0.05) is 6.04 Å². The lowest BCUT2D eigenvalue weighted by Gasteiger charge is -2.28. The molecule has 1 aliphatic rings. The summed E-state index contributed by atoms with van der Waals surface area (Å²) >= 11 is 0. The van der Waals surface area contributed by atoms with Gasteiger partial charge in [-0.25, -0.2) is 0 Å². The number of piperidine rings is 1. The molecule has 0 aromatic heterocycles. The normalized spacial score (nSPS) is 17.5. The molecule has 1 heterocycles. The number of nitrogens with zero attached hydrogens (tertiary/aromatic N) is 1. The first-order valence-corrected chi connectivity index (χ1v) is 5.71. The molecule has 0 aliphatic carbocycles. The van der Waals surface area contributed by atoms with Crippen LogP contribution in [-0.2, 0) is 9.63 Å². The van der Waals surface area contributed by atoms with Gasteiger partial charge in [-0.15, -0.1) is 10.1 Å². The van der Waals surface area contributed by atoms with Gasteiger partial charge < -0.3 is 15.5 Å². The van der Waals surface area contributed by atoms with Crippen LogP contribution in [0.15, 0.2) is 0 Å². The third kappa shape index (κ3) is 4.56. The average molecular weight is 245 g/mol. The maximum atomic E-state index is 11.9. The molecule has 7 heteroatoms. The molecule has 17 heavy (non-hydrogen) atoms. The van der Waals surface area contributed by atoms with E-state index in [2.05, 4.69) is 15.5 Å². The molecule has 1 rings (SSSR count). The van der Waals surface area contributed by atoms with Crippen LogP contribution < -0.4 is 10.6 Å². The molecule has 0 aromatic carbocycles. The SMILES string of the molecule is CC(C)(CO[N+](=O)[O-])C(=O)NC1CCNCC1. The molecule has 0 unspecified atom stereocenters. The topological polar surface area (TPSA) is 93.5 Å². The van der Waals surface area contributed by atoms with Gasteiger partial charge in [0.05, 0.1) is 5.41 Å². The van der Waals surface area contributed by atoms with E-state index in [0.717, 1.165) is 25.9 Å². The minimum atomic E-state index is -0.891. The first-order valence-electron chi connectivity index (χ1n) is 5.71. The van der Waals surface area contributed by atoms with E-state index in [4.69, 9.17) is 0 Å². The van der Waals surface area contributed by atoms with Gasteiger partial charge in [-0.3, -0.25) is 4.79 Å². The van der Waals surface area contributed by atoms with Crippen LogP contribution in [0.2, 0.25) is 0 Å². The van der Waals surface area contributed by atoms with E-state index in [1.807, 2.05) is 0 Å². The van der Waals surface area contributed by atoms with Gasteiger partial charge in [-0.1, -0.05) is 0 Å². The summed E-state index contributed by atoms with van der Waals surface area (Å²) in [6.07, 6.45) is 1.77. The molecule has 0 spiro atoms. The fraction of sp³-hybridized carbons (Fsp3) is 0.900. The van der Waals surface area contributed by atoms with Crippen molar-refractivity contribution in [3.8, 4) is 0 Å². The smallest absolute Gasteiger partial charge is 0.294 e. The van der Waals surface area contributed by atoms with E-state index in [9.17, 15) is 14.9 Å². The fourth-order valence-electron chi connectivity index (χ4n) is 1.63. The van der Waals surface area contributed by atoms with Gasteiger partial charge in [-0.2, -0.15) is 0 Å². The highest BCUT2D eigenvalue weighted by molar-refractivity contribution is 5.82. The van der Waals surface area contributed by atoms with Crippen molar-refractivity contribution < 1.29 is 14.7 Å². The van der Waals surface area contributed by atoms with Crippen molar-refractivity contribution in [2.75, 3.05) is 19.7 Å². The summed E-state index contributed by atoms with van der Waals surface area (Å²) in [5, 5.41) is 15.3. The third-order valence-electron chi connectivity index (χ3n) is 2.82. The second-order valence-corrected chi connectivity index (χ2v) is 4.88. The Morgan fingerprint density at radius 1 is 1.53 bits per heavy atom. The number of carbonyl (C=O) groups excluding carboxylic acids is 1. The summed E-state index contributed by atoms with van der Waals surface area (Å²) in [7, 11) is 0. The van der Waals surface area contributed by atoms with Gasteiger partial charge in [0.15, 0.2) is 0 Å². The zero-order valence-corrected chi connectivity index (χ0v) is 10.2. The number of hydrogen-bond donors (Lipinski definition) is 2. The molecular weight excluding hydrogens is 226 g/mol. The van der Waals surface area contributed by atoms with E-state index in [1.54, 1.807) is 13.8 Å². The Balaban J connectivity index is 2.40. The number of carbonyl (C=O) groups is 1. The second-order valence-electron chi connectivity index (χ2n) is 4.88. The molecule has 2 N–H and O–H groups in total. The lowest BCUT2D eigenvalue weighted by atomic mass is 9.92. The standard InChI is InChI=1S/C10H19N3O4/c1-10(2,7-17-13(15)16)9(14)12-8-3-5-11-6-4-8/h8,11H,3-7H2,1-2H3,(H,12,14). The summed E-state index contributed by atoms with van der Waals surface area (Å²) < 4.78 is 0. The predicted molar refractivity (Wildman–Crippen MR) is 60.8 cm³/mol. The van der Waals surface area contributed by atoms with Gasteiger partial charge in [0.25, 0.3) is 5.09 Å². The quantitative estimate of drug-likeness (QED) is 0.529. The van der Waals surface area contributed by atoms with Crippen molar-refractivity contribution in [2.24, 2.45) is 5.41 Å². The Bertz CT molecular complexity index is 287. The Labute approximate surface area is 100.0 Å². The number of hydrogen-bond acceptors (Lipinski definition) is 5. The molecule has 7 nitrogen and oxygen atoms in total. The number of rotatable bonds is 5. The van der Waals surface area contributed by atoms with Crippen LogP contribution in [-0.4, -0.2) is 36.7 Å². The zero-order chi connectivity index (χ0) is 12.9. The fourth-order valence-corrected chi connectivity index (χ4v) is 1.63. The van der Waals surface area contributed by atoms with Crippen molar-refractivity contribution in [3.05, 3.63) is 10.1 Å². The molecule has 1 fully saturated rings. The summed E-state index contributed by atoms with van der Waals surface area (Å²) in [4.78, 5) is 26.3. The molecule has 1 saturated heterocycles. The first kappa shape index (κ1) is 13.7. The molecular formula is C10H19N3O4. The van der Waals surface area contributed by atoms with Crippen molar-refractivity contribution in [1.29, 1.82) is 0 Å².